The number of nitro benzene ring substituents is 1. The lowest BCUT2D eigenvalue weighted by Crippen LogP contribution is -2.08. The molecule has 0 radical (unpaired) electrons. The fourth-order valence-electron chi connectivity index (χ4n) is 1.51. The van der Waals surface area contributed by atoms with E-state index >= 15 is 0 Å². The Hall–Kier alpha value is -2.28. The van der Waals surface area contributed by atoms with Crippen LogP contribution in [0.25, 0.3) is 0 Å². The van der Waals surface area contributed by atoms with Gasteiger partial charge in [-0.1, -0.05) is 0 Å². The van der Waals surface area contributed by atoms with Gasteiger partial charge in [-0.25, -0.2) is 4.98 Å². The molecule has 0 fully saturated rings. The highest BCUT2D eigenvalue weighted by molar-refractivity contribution is 7.13. The maximum Gasteiger partial charge on any atom is 0.269 e. The second-order valence-corrected chi connectivity index (χ2v) is 4.64. The van der Waals surface area contributed by atoms with Gasteiger partial charge < -0.3 is 5.32 Å². The van der Waals surface area contributed by atoms with Crippen molar-refractivity contribution in [3.8, 4) is 0 Å². The smallest absolute Gasteiger partial charge is 0.269 e. The third-order valence-electron chi connectivity index (χ3n) is 2.46. The molecule has 0 atom stereocenters. The van der Waals surface area contributed by atoms with E-state index in [1.54, 1.807) is 6.20 Å². The Balaban J connectivity index is 1.87. The maximum atomic E-state index is 11.8. The van der Waals surface area contributed by atoms with Gasteiger partial charge >= 0.3 is 0 Å². The number of hydrogen-bond donors (Lipinski definition) is 1. The number of ketones is 1. The number of rotatable bonds is 6. The largest absolute Gasteiger partial charge is 0.361 e. The molecule has 1 aromatic carbocycles. The monoisotopic (exact) mass is 277 g/mol. The molecule has 1 heterocycles. The van der Waals surface area contributed by atoms with Gasteiger partial charge in [0.15, 0.2) is 10.9 Å². The molecule has 0 aliphatic carbocycles. The Bertz CT molecular complexity index is 566. The minimum Gasteiger partial charge on any atom is -0.361 e. The lowest BCUT2D eigenvalue weighted by atomic mass is 10.1. The Morgan fingerprint density at radius 3 is 2.68 bits per heavy atom. The zero-order valence-corrected chi connectivity index (χ0v) is 10.7. The molecular weight excluding hydrogens is 266 g/mol. The van der Waals surface area contributed by atoms with Crippen molar-refractivity contribution >= 4 is 27.9 Å². The molecule has 0 bridgehead atoms. The summed E-state index contributed by atoms with van der Waals surface area (Å²) in [5.41, 5.74) is 0.462. The highest BCUT2D eigenvalue weighted by Gasteiger charge is 2.09. The van der Waals surface area contributed by atoms with E-state index < -0.39 is 4.92 Å². The normalized spacial score (nSPS) is 10.1. The number of anilines is 1. The van der Waals surface area contributed by atoms with Crippen molar-refractivity contribution in [2.45, 2.75) is 6.42 Å². The van der Waals surface area contributed by atoms with Crippen LogP contribution in [0.5, 0.6) is 0 Å². The Morgan fingerprint density at radius 1 is 1.37 bits per heavy atom. The molecule has 0 aliphatic rings. The van der Waals surface area contributed by atoms with Crippen molar-refractivity contribution < 1.29 is 9.72 Å². The predicted molar refractivity (Wildman–Crippen MR) is 72.6 cm³/mol. The zero-order chi connectivity index (χ0) is 13.7. The van der Waals surface area contributed by atoms with E-state index in [-0.39, 0.29) is 11.5 Å². The molecule has 1 aromatic heterocycles. The van der Waals surface area contributed by atoms with Crippen LogP contribution < -0.4 is 5.32 Å². The Labute approximate surface area is 113 Å². The summed E-state index contributed by atoms with van der Waals surface area (Å²) in [5.74, 6) is -0.0565. The highest BCUT2D eigenvalue weighted by Crippen LogP contribution is 2.14. The van der Waals surface area contributed by atoms with Crippen molar-refractivity contribution in [2.24, 2.45) is 0 Å². The van der Waals surface area contributed by atoms with Crippen LogP contribution >= 0.6 is 11.3 Å². The van der Waals surface area contributed by atoms with E-state index in [4.69, 9.17) is 0 Å². The van der Waals surface area contributed by atoms with Crippen LogP contribution in [-0.2, 0) is 0 Å². The quantitative estimate of drug-likeness (QED) is 0.498. The number of aromatic nitrogens is 1. The van der Waals surface area contributed by atoms with Crippen LogP contribution in [0.1, 0.15) is 16.8 Å². The number of nitrogens with one attached hydrogen (secondary N) is 1. The third kappa shape index (κ3) is 3.59. The zero-order valence-electron chi connectivity index (χ0n) is 9.91. The number of thiazole rings is 1. The fraction of sp³-hybridized carbons (Fsp3) is 0.167. The molecular formula is C12H11N3O3S. The summed E-state index contributed by atoms with van der Waals surface area (Å²) in [6, 6.07) is 5.62. The van der Waals surface area contributed by atoms with Crippen molar-refractivity contribution in [2.75, 3.05) is 11.9 Å². The second kappa shape index (κ2) is 6.05. The third-order valence-corrected chi connectivity index (χ3v) is 3.19. The van der Waals surface area contributed by atoms with Gasteiger partial charge in [0.05, 0.1) is 4.92 Å². The standard InChI is InChI=1S/C12H11N3O3S/c16-11(5-6-13-12-14-7-8-19-12)9-1-3-10(4-2-9)15(17)18/h1-4,7-8H,5-6H2,(H,13,14). The minimum atomic E-state index is -0.488. The molecule has 7 heteroatoms. The van der Waals surface area contributed by atoms with Crippen LogP contribution in [0, 0.1) is 10.1 Å². The predicted octanol–water partition coefficient (Wildman–Crippen LogP) is 2.74. The number of non-ortho nitro benzene ring substituents is 1. The maximum absolute atomic E-state index is 11.8. The first kappa shape index (κ1) is 13.2. The highest BCUT2D eigenvalue weighted by atomic mass is 32.1. The van der Waals surface area contributed by atoms with Gasteiger partial charge in [-0.05, 0) is 12.1 Å². The SMILES string of the molecule is O=C(CCNc1nccs1)c1ccc([N+](=O)[O-])cc1. The molecule has 19 heavy (non-hydrogen) atoms. The second-order valence-electron chi connectivity index (χ2n) is 3.74. The van der Waals surface area contributed by atoms with Gasteiger partial charge in [0.2, 0.25) is 0 Å². The summed E-state index contributed by atoms with van der Waals surface area (Å²) in [5, 5.41) is 16.1. The molecule has 0 amide bonds. The number of carbonyl (C=O) groups excluding carboxylic acids is 1. The van der Waals surface area contributed by atoms with Gasteiger partial charge in [-0.2, -0.15) is 0 Å². The summed E-state index contributed by atoms with van der Waals surface area (Å²) in [4.78, 5) is 25.9. The van der Waals surface area contributed by atoms with E-state index in [0.29, 0.717) is 18.5 Å². The Kier molecular flexibility index (Phi) is 4.19. The van der Waals surface area contributed by atoms with Crippen molar-refractivity contribution in [3.63, 3.8) is 0 Å². The number of carbonyl (C=O) groups is 1. The molecule has 0 saturated carbocycles. The van der Waals surface area contributed by atoms with Crippen LogP contribution in [0.15, 0.2) is 35.8 Å². The number of benzene rings is 1. The first-order valence-electron chi connectivity index (χ1n) is 5.58. The van der Waals surface area contributed by atoms with E-state index in [1.165, 1.54) is 35.6 Å². The molecule has 0 spiro atoms. The van der Waals surface area contributed by atoms with E-state index in [1.807, 2.05) is 5.38 Å². The fourth-order valence-corrected chi connectivity index (χ4v) is 2.06. The van der Waals surface area contributed by atoms with E-state index in [9.17, 15) is 14.9 Å². The lowest BCUT2D eigenvalue weighted by Gasteiger charge is -2.02. The number of Topliss-reactive ketones (excluding diaryl/α,β-unsaturated/α-hetero) is 1. The first-order chi connectivity index (χ1) is 9.16. The van der Waals surface area contributed by atoms with Gasteiger partial charge in [-0.15, -0.1) is 11.3 Å². The number of hydrogen-bond acceptors (Lipinski definition) is 6. The molecule has 6 nitrogen and oxygen atoms in total. The minimum absolute atomic E-state index is 0.0162. The average molecular weight is 277 g/mol. The van der Waals surface area contributed by atoms with Crippen molar-refractivity contribution in [3.05, 3.63) is 51.5 Å². The van der Waals surface area contributed by atoms with Crippen molar-refractivity contribution in [1.29, 1.82) is 0 Å². The van der Waals surface area contributed by atoms with Gasteiger partial charge in [-0.3, -0.25) is 14.9 Å². The number of nitrogens with zero attached hydrogens (tertiary/aromatic N) is 2. The molecule has 2 aromatic rings. The summed E-state index contributed by atoms with van der Waals surface area (Å²) >= 11 is 1.47. The van der Waals surface area contributed by atoms with Crippen LogP contribution in [0.2, 0.25) is 0 Å². The van der Waals surface area contributed by atoms with Crippen LogP contribution in [0.4, 0.5) is 10.8 Å². The lowest BCUT2D eigenvalue weighted by molar-refractivity contribution is -0.384. The van der Waals surface area contributed by atoms with Gasteiger partial charge in [0, 0.05) is 42.2 Å². The topological polar surface area (TPSA) is 85.1 Å². The van der Waals surface area contributed by atoms with Crippen molar-refractivity contribution in [1.82, 2.24) is 4.98 Å². The average Bonchev–Trinajstić information content (AvgIpc) is 2.92. The summed E-state index contributed by atoms with van der Waals surface area (Å²) < 4.78 is 0. The summed E-state index contributed by atoms with van der Waals surface area (Å²) in [6.45, 7) is 0.489. The summed E-state index contributed by atoms with van der Waals surface area (Å²) in [7, 11) is 0. The molecule has 2 rings (SSSR count). The van der Waals surface area contributed by atoms with Crippen LogP contribution in [0.3, 0.4) is 0 Å². The van der Waals surface area contributed by atoms with E-state index in [0.717, 1.165) is 5.13 Å². The van der Waals surface area contributed by atoms with Crippen LogP contribution in [-0.4, -0.2) is 22.2 Å². The first-order valence-corrected chi connectivity index (χ1v) is 6.46. The van der Waals surface area contributed by atoms with Gasteiger partial charge in [0.1, 0.15) is 0 Å². The number of nitro groups is 1. The molecule has 1 N–H and O–H groups in total. The molecule has 0 unspecified atom stereocenters. The van der Waals surface area contributed by atoms with E-state index in [2.05, 4.69) is 10.3 Å². The molecule has 0 aliphatic heterocycles. The summed E-state index contributed by atoms with van der Waals surface area (Å²) in [6.07, 6.45) is 2.00. The Morgan fingerprint density at radius 2 is 2.11 bits per heavy atom. The van der Waals surface area contributed by atoms with Gasteiger partial charge in [0.25, 0.3) is 5.69 Å². The molecule has 0 saturated heterocycles. The molecule has 98 valence electrons.